The van der Waals surface area contributed by atoms with E-state index < -0.39 is 0 Å². The highest BCUT2D eigenvalue weighted by Crippen LogP contribution is 2.29. The summed E-state index contributed by atoms with van der Waals surface area (Å²) in [4.78, 5) is 0. The summed E-state index contributed by atoms with van der Waals surface area (Å²) in [6.45, 7) is 8.88. The van der Waals surface area contributed by atoms with E-state index in [2.05, 4.69) is 50.6 Å². The third-order valence-corrected chi connectivity index (χ3v) is 3.81. The number of aryl methyl sites for hydroxylation is 3. The minimum absolute atomic E-state index is 0.501. The molecule has 2 nitrogen and oxygen atoms in total. The van der Waals surface area contributed by atoms with Crippen LogP contribution in [0.2, 0.25) is 0 Å². The van der Waals surface area contributed by atoms with Gasteiger partial charge in [0.15, 0.2) is 0 Å². The molecular weight excluding hydrogens is 196 g/mol. The molecule has 1 atom stereocenters. The maximum Gasteiger partial charge on any atom is 0.0373 e. The molecule has 2 heteroatoms. The summed E-state index contributed by atoms with van der Waals surface area (Å²) < 4.78 is 0. The summed E-state index contributed by atoms with van der Waals surface area (Å²) in [5.74, 6) is 0.741. The smallest absolute Gasteiger partial charge is 0.0373 e. The van der Waals surface area contributed by atoms with Crippen LogP contribution in [0.5, 0.6) is 0 Å². The standard InChI is InChI=1S/C14H22N2/c1-9-5-11(3)13(6-10(9)2)14(15-4)12-7-16-8-12/h5-6,12,14-16H,7-8H2,1-4H3. The Bertz CT molecular complexity index is 381. The number of hydrogen-bond donors (Lipinski definition) is 2. The van der Waals surface area contributed by atoms with E-state index in [0.29, 0.717) is 6.04 Å². The van der Waals surface area contributed by atoms with Crippen molar-refractivity contribution in [3.05, 3.63) is 34.4 Å². The quantitative estimate of drug-likeness (QED) is 0.812. The van der Waals surface area contributed by atoms with Gasteiger partial charge in [-0.2, -0.15) is 0 Å². The second kappa shape index (κ2) is 4.56. The second-order valence-electron chi connectivity index (χ2n) is 4.98. The van der Waals surface area contributed by atoms with Crippen molar-refractivity contribution in [2.24, 2.45) is 5.92 Å². The van der Waals surface area contributed by atoms with E-state index in [9.17, 15) is 0 Å². The first-order valence-electron chi connectivity index (χ1n) is 6.09. The molecule has 16 heavy (non-hydrogen) atoms. The minimum atomic E-state index is 0.501. The molecule has 1 aliphatic rings. The van der Waals surface area contributed by atoms with Crippen LogP contribution in [0.25, 0.3) is 0 Å². The van der Waals surface area contributed by atoms with Crippen LogP contribution >= 0.6 is 0 Å². The highest BCUT2D eigenvalue weighted by Gasteiger charge is 2.28. The van der Waals surface area contributed by atoms with Gasteiger partial charge in [-0.25, -0.2) is 0 Å². The van der Waals surface area contributed by atoms with Crippen LogP contribution in [0.15, 0.2) is 12.1 Å². The van der Waals surface area contributed by atoms with Crippen molar-refractivity contribution in [1.29, 1.82) is 0 Å². The van der Waals surface area contributed by atoms with Crippen LogP contribution in [0.1, 0.15) is 28.3 Å². The van der Waals surface area contributed by atoms with Gasteiger partial charge in [-0.1, -0.05) is 12.1 Å². The fraction of sp³-hybridized carbons (Fsp3) is 0.571. The molecule has 0 radical (unpaired) electrons. The lowest BCUT2D eigenvalue weighted by molar-refractivity contribution is 0.267. The van der Waals surface area contributed by atoms with E-state index in [1.807, 2.05) is 0 Å². The van der Waals surface area contributed by atoms with E-state index >= 15 is 0 Å². The van der Waals surface area contributed by atoms with E-state index in [4.69, 9.17) is 0 Å². The Balaban J connectivity index is 2.33. The van der Waals surface area contributed by atoms with Gasteiger partial charge in [0.2, 0.25) is 0 Å². The molecule has 1 unspecified atom stereocenters. The summed E-state index contributed by atoms with van der Waals surface area (Å²) >= 11 is 0. The predicted octanol–water partition coefficient (Wildman–Crippen LogP) is 2.09. The molecule has 2 N–H and O–H groups in total. The zero-order chi connectivity index (χ0) is 11.7. The SMILES string of the molecule is CNC(c1cc(C)c(C)cc1C)C1CNC1. The molecule has 1 aliphatic heterocycles. The molecule has 88 valence electrons. The average molecular weight is 218 g/mol. The summed E-state index contributed by atoms with van der Waals surface area (Å²) in [5, 5.41) is 6.82. The van der Waals surface area contributed by atoms with E-state index in [0.717, 1.165) is 19.0 Å². The Morgan fingerprint density at radius 2 is 1.75 bits per heavy atom. The molecule has 0 saturated carbocycles. The van der Waals surface area contributed by atoms with Crippen molar-refractivity contribution >= 4 is 0 Å². The van der Waals surface area contributed by atoms with Gasteiger partial charge < -0.3 is 10.6 Å². The van der Waals surface area contributed by atoms with E-state index in [-0.39, 0.29) is 0 Å². The normalized spacial score (nSPS) is 18.2. The molecule has 1 saturated heterocycles. The van der Waals surface area contributed by atoms with Crippen molar-refractivity contribution in [3.63, 3.8) is 0 Å². The molecule has 0 spiro atoms. The van der Waals surface area contributed by atoms with Gasteiger partial charge in [-0.15, -0.1) is 0 Å². The number of rotatable bonds is 3. The van der Waals surface area contributed by atoms with Crippen molar-refractivity contribution in [2.75, 3.05) is 20.1 Å². The monoisotopic (exact) mass is 218 g/mol. The number of nitrogens with one attached hydrogen (secondary N) is 2. The van der Waals surface area contributed by atoms with Gasteiger partial charge in [-0.05, 0) is 50.1 Å². The van der Waals surface area contributed by atoms with Gasteiger partial charge in [0.25, 0.3) is 0 Å². The molecule has 0 aromatic heterocycles. The lowest BCUT2D eigenvalue weighted by Gasteiger charge is -2.35. The van der Waals surface area contributed by atoms with Crippen LogP contribution in [0.3, 0.4) is 0 Å². The van der Waals surface area contributed by atoms with Crippen LogP contribution < -0.4 is 10.6 Å². The summed E-state index contributed by atoms with van der Waals surface area (Å²) in [5.41, 5.74) is 5.67. The Labute approximate surface area is 98.4 Å². The number of benzene rings is 1. The van der Waals surface area contributed by atoms with Gasteiger partial charge in [0.05, 0.1) is 0 Å². The zero-order valence-corrected chi connectivity index (χ0v) is 10.7. The maximum atomic E-state index is 3.47. The fourth-order valence-corrected chi connectivity index (χ4v) is 2.51. The largest absolute Gasteiger partial charge is 0.316 e. The molecule has 0 aliphatic carbocycles. The highest BCUT2D eigenvalue weighted by atomic mass is 15.0. The average Bonchev–Trinajstić information content (AvgIpc) is 2.17. The van der Waals surface area contributed by atoms with E-state index in [1.165, 1.54) is 22.3 Å². The van der Waals surface area contributed by atoms with Gasteiger partial charge >= 0.3 is 0 Å². The third kappa shape index (κ3) is 2.00. The highest BCUT2D eigenvalue weighted by molar-refractivity contribution is 5.38. The van der Waals surface area contributed by atoms with Gasteiger partial charge in [0, 0.05) is 25.0 Å². The first kappa shape index (κ1) is 11.6. The van der Waals surface area contributed by atoms with Gasteiger partial charge in [0.1, 0.15) is 0 Å². The molecule has 0 bridgehead atoms. The molecule has 2 rings (SSSR count). The van der Waals surface area contributed by atoms with Crippen LogP contribution in [-0.4, -0.2) is 20.1 Å². The fourth-order valence-electron chi connectivity index (χ4n) is 2.51. The van der Waals surface area contributed by atoms with Crippen molar-refractivity contribution < 1.29 is 0 Å². The lowest BCUT2D eigenvalue weighted by Crippen LogP contribution is -2.48. The number of hydrogen-bond acceptors (Lipinski definition) is 2. The van der Waals surface area contributed by atoms with Crippen LogP contribution in [0.4, 0.5) is 0 Å². The second-order valence-corrected chi connectivity index (χ2v) is 4.98. The topological polar surface area (TPSA) is 24.1 Å². The molecule has 1 heterocycles. The summed E-state index contributed by atoms with van der Waals surface area (Å²) in [6, 6.07) is 5.16. The third-order valence-electron chi connectivity index (χ3n) is 3.81. The molecule has 1 fully saturated rings. The molecule has 1 aromatic rings. The Morgan fingerprint density at radius 1 is 1.12 bits per heavy atom. The van der Waals surface area contributed by atoms with E-state index in [1.54, 1.807) is 0 Å². The Hall–Kier alpha value is -0.860. The summed E-state index contributed by atoms with van der Waals surface area (Å²) in [7, 11) is 2.07. The van der Waals surface area contributed by atoms with Crippen molar-refractivity contribution in [1.82, 2.24) is 10.6 Å². The summed E-state index contributed by atoms with van der Waals surface area (Å²) in [6.07, 6.45) is 0. The Morgan fingerprint density at radius 3 is 2.25 bits per heavy atom. The zero-order valence-electron chi connectivity index (χ0n) is 10.7. The molecular formula is C14H22N2. The first-order chi connectivity index (χ1) is 7.63. The van der Waals surface area contributed by atoms with Crippen molar-refractivity contribution in [2.45, 2.75) is 26.8 Å². The molecule has 1 aromatic carbocycles. The maximum absolute atomic E-state index is 3.47. The minimum Gasteiger partial charge on any atom is -0.316 e. The first-order valence-corrected chi connectivity index (χ1v) is 6.09. The van der Waals surface area contributed by atoms with Crippen molar-refractivity contribution in [3.8, 4) is 0 Å². The van der Waals surface area contributed by atoms with Gasteiger partial charge in [-0.3, -0.25) is 0 Å². The predicted molar refractivity (Wildman–Crippen MR) is 68.8 cm³/mol. The Kier molecular flexibility index (Phi) is 3.31. The van der Waals surface area contributed by atoms with Crippen LogP contribution in [-0.2, 0) is 0 Å². The molecule has 0 amide bonds. The lowest BCUT2D eigenvalue weighted by atomic mass is 9.85. The van der Waals surface area contributed by atoms with Crippen LogP contribution in [0, 0.1) is 26.7 Å².